The summed E-state index contributed by atoms with van der Waals surface area (Å²) in [6.45, 7) is 0. The zero-order valence-electron chi connectivity index (χ0n) is 8.16. The van der Waals surface area contributed by atoms with Gasteiger partial charge in [-0.2, -0.15) is 0 Å². The van der Waals surface area contributed by atoms with Crippen LogP contribution in [-0.2, 0) is 4.79 Å². The van der Waals surface area contributed by atoms with Crippen molar-refractivity contribution >= 4 is 23.2 Å². The van der Waals surface area contributed by atoms with Crippen molar-refractivity contribution < 1.29 is 9.90 Å². The van der Waals surface area contributed by atoms with E-state index < -0.39 is 0 Å². The predicted molar refractivity (Wildman–Crippen MR) is 59.1 cm³/mol. The number of halogens is 1. The highest BCUT2D eigenvalue weighted by Crippen LogP contribution is 2.30. The number of carbonyl (C=O) groups is 1. The number of phenolic OH excluding ortho intramolecular Hbond substituents is 1. The molecule has 80 valence electrons. The summed E-state index contributed by atoms with van der Waals surface area (Å²) in [5, 5.41) is 12.3. The summed E-state index contributed by atoms with van der Waals surface area (Å²) in [5.41, 5.74) is 0.561. The number of anilines is 1. The smallest absolute Gasteiger partial charge is 0.227 e. The second kappa shape index (κ2) is 4.11. The normalized spacial score (nSPS) is 15.8. The molecule has 0 spiro atoms. The first-order valence-electron chi connectivity index (χ1n) is 4.96. The SMILES string of the molecule is O=C(Nc1ccc(O)cc1Cl)C1CCC1. The highest BCUT2D eigenvalue weighted by Gasteiger charge is 2.25. The minimum Gasteiger partial charge on any atom is -0.508 e. The van der Waals surface area contributed by atoms with Crippen molar-refractivity contribution in [3.05, 3.63) is 23.2 Å². The van der Waals surface area contributed by atoms with Crippen molar-refractivity contribution in [3.8, 4) is 5.75 Å². The van der Waals surface area contributed by atoms with Crippen LogP contribution in [0.1, 0.15) is 19.3 Å². The van der Waals surface area contributed by atoms with Gasteiger partial charge in [-0.3, -0.25) is 4.79 Å². The summed E-state index contributed by atoms with van der Waals surface area (Å²) in [7, 11) is 0. The van der Waals surface area contributed by atoms with Gasteiger partial charge < -0.3 is 10.4 Å². The molecule has 3 nitrogen and oxygen atoms in total. The Kier molecular flexibility index (Phi) is 2.82. The molecule has 0 aromatic heterocycles. The third kappa shape index (κ3) is 2.23. The van der Waals surface area contributed by atoms with E-state index in [0.717, 1.165) is 19.3 Å². The van der Waals surface area contributed by atoms with Crippen LogP contribution in [0.4, 0.5) is 5.69 Å². The summed E-state index contributed by atoms with van der Waals surface area (Å²) in [6.07, 6.45) is 3.05. The van der Waals surface area contributed by atoms with Gasteiger partial charge in [0.2, 0.25) is 5.91 Å². The van der Waals surface area contributed by atoms with Gasteiger partial charge in [0.25, 0.3) is 0 Å². The fraction of sp³-hybridized carbons (Fsp3) is 0.364. The molecule has 1 aromatic carbocycles. The van der Waals surface area contributed by atoms with Gasteiger partial charge in [-0.05, 0) is 25.0 Å². The molecule has 1 amide bonds. The number of carbonyl (C=O) groups excluding carboxylic acids is 1. The number of nitrogens with one attached hydrogen (secondary N) is 1. The lowest BCUT2D eigenvalue weighted by atomic mass is 9.85. The number of amides is 1. The van der Waals surface area contributed by atoms with Crippen molar-refractivity contribution in [3.63, 3.8) is 0 Å². The molecule has 0 heterocycles. The standard InChI is InChI=1S/C11H12ClNO2/c12-9-6-8(14)4-5-10(9)13-11(15)7-2-1-3-7/h4-7,14H,1-3H2,(H,13,15). The van der Waals surface area contributed by atoms with E-state index in [2.05, 4.69) is 5.32 Å². The first kappa shape index (κ1) is 10.3. The lowest BCUT2D eigenvalue weighted by Gasteiger charge is -2.24. The molecule has 0 radical (unpaired) electrons. The van der Waals surface area contributed by atoms with E-state index in [1.807, 2.05) is 0 Å². The minimum atomic E-state index is 0.0221. The van der Waals surface area contributed by atoms with Crippen LogP contribution < -0.4 is 5.32 Å². The quantitative estimate of drug-likeness (QED) is 0.761. The molecule has 15 heavy (non-hydrogen) atoms. The summed E-state index contributed by atoms with van der Waals surface area (Å²) in [6, 6.07) is 4.52. The maximum atomic E-state index is 11.6. The maximum Gasteiger partial charge on any atom is 0.227 e. The van der Waals surface area contributed by atoms with Crippen molar-refractivity contribution in [2.45, 2.75) is 19.3 Å². The van der Waals surface area contributed by atoms with E-state index in [4.69, 9.17) is 16.7 Å². The fourth-order valence-electron chi connectivity index (χ4n) is 1.51. The monoisotopic (exact) mass is 225 g/mol. The first-order chi connectivity index (χ1) is 7.16. The molecule has 1 saturated carbocycles. The van der Waals surface area contributed by atoms with Gasteiger partial charge in [0.05, 0.1) is 10.7 Å². The zero-order valence-corrected chi connectivity index (χ0v) is 8.92. The van der Waals surface area contributed by atoms with Crippen molar-refractivity contribution in [2.24, 2.45) is 5.92 Å². The summed E-state index contributed by atoms with van der Waals surface area (Å²) in [4.78, 5) is 11.6. The molecule has 0 atom stereocenters. The summed E-state index contributed by atoms with van der Waals surface area (Å²) < 4.78 is 0. The lowest BCUT2D eigenvalue weighted by molar-refractivity contribution is -0.122. The number of benzene rings is 1. The molecule has 2 rings (SSSR count). The molecular formula is C11H12ClNO2. The molecule has 0 saturated heterocycles. The van der Waals surface area contributed by atoms with Gasteiger partial charge in [0.15, 0.2) is 0 Å². The molecular weight excluding hydrogens is 214 g/mol. The Hall–Kier alpha value is -1.22. The second-order valence-electron chi connectivity index (χ2n) is 3.78. The van der Waals surface area contributed by atoms with Crippen LogP contribution in [0.3, 0.4) is 0 Å². The van der Waals surface area contributed by atoms with Gasteiger partial charge >= 0.3 is 0 Å². The number of rotatable bonds is 2. The zero-order chi connectivity index (χ0) is 10.8. The topological polar surface area (TPSA) is 49.3 Å². The van der Waals surface area contributed by atoms with Gasteiger partial charge in [-0.15, -0.1) is 0 Å². The van der Waals surface area contributed by atoms with E-state index in [-0.39, 0.29) is 17.6 Å². The van der Waals surface area contributed by atoms with Crippen LogP contribution in [0.15, 0.2) is 18.2 Å². The lowest BCUT2D eigenvalue weighted by Crippen LogP contribution is -2.28. The Balaban J connectivity index is 2.06. The number of aromatic hydroxyl groups is 1. The molecule has 2 N–H and O–H groups in total. The van der Waals surface area contributed by atoms with Crippen molar-refractivity contribution in [2.75, 3.05) is 5.32 Å². The van der Waals surface area contributed by atoms with Gasteiger partial charge in [-0.1, -0.05) is 18.0 Å². The highest BCUT2D eigenvalue weighted by atomic mass is 35.5. The summed E-state index contributed by atoms with van der Waals surface area (Å²) >= 11 is 5.86. The van der Waals surface area contributed by atoms with E-state index >= 15 is 0 Å². The molecule has 0 aliphatic heterocycles. The van der Waals surface area contributed by atoms with Crippen molar-refractivity contribution in [1.29, 1.82) is 0 Å². The molecule has 0 unspecified atom stereocenters. The van der Waals surface area contributed by atoms with Crippen LogP contribution in [0, 0.1) is 5.92 Å². The molecule has 1 aromatic rings. The fourth-order valence-corrected chi connectivity index (χ4v) is 1.73. The summed E-state index contributed by atoms with van der Waals surface area (Å²) in [5.74, 6) is 0.255. The maximum absolute atomic E-state index is 11.6. The Bertz CT molecular complexity index is 388. The second-order valence-corrected chi connectivity index (χ2v) is 4.19. The number of hydrogen-bond acceptors (Lipinski definition) is 2. The first-order valence-corrected chi connectivity index (χ1v) is 5.34. The van der Waals surface area contributed by atoms with Crippen LogP contribution in [-0.4, -0.2) is 11.0 Å². The van der Waals surface area contributed by atoms with Gasteiger partial charge in [0, 0.05) is 12.0 Å². The third-order valence-corrected chi connectivity index (χ3v) is 3.00. The van der Waals surface area contributed by atoms with E-state index in [1.54, 1.807) is 6.07 Å². The minimum absolute atomic E-state index is 0.0221. The van der Waals surface area contributed by atoms with Crippen LogP contribution >= 0.6 is 11.6 Å². The third-order valence-electron chi connectivity index (χ3n) is 2.69. The Morgan fingerprint density at radius 2 is 2.20 bits per heavy atom. The molecule has 0 bridgehead atoms. The molecule has 1 aliphatic carbocycles. The Morgan fingerprint density at radius 1 is 1.47 bits per heavy atom. The highest BCUT2D eigenvalue weighted by molar-refractivity contribution is 6.33. The number of phenols is 1. The molecule has 1 fully saturated rings. The van der Waals surface area contributed by atoms with E-state index in [1.165, 1.54) is 12.1 Å². The average Bonchev–Trinajstić information content (AvgIpc) is 2.07. The van der Waals surface area contributed by atoms with Crippen LogP contribution in [0.25, 0.3) is 0 Å². The predicted octanol–water partition coefficient (Wildman–Crippen LogP) is 2.78. The van der Waals surface area contributed by atoms with Crippen LogP contribution in [0.5, 0.6) is 5.75 Å². The Morgan fingerprint density at radius 3 is 2.73 bits per heavy atom. The number of hydrogen-bond donors (Lipinski definition) is 2. The van der Waals surface area contributed by atoms with E-state index in [9.17, 15) is 4.79 Å². The largest absolute Gasteiger partial charge is 0.508 e. The van der Waals surface area contributed by atoms with Crippen LogP contribution in [0.2, 0.25) is 5.02 Å². The van der Waals surface area contributed by atoms with E-state index in [0.29, 0.717) is 10.7 Å². The molecule has 4 heteroatoms. The van der Waals surface area contributed by atoms with Crippen molar-refractivity contribution in [1.82, 2.24) is 0 Å². The average molecular weight is 226 g/mol. The molecule has 1 aliphatic rings. The Labute approximate surface area is 93.1 Å². The van der Waals surface area contributed by atoms with Gasteiger partial charge in [-0.25, -0.2) is 0 Å². The van der Waals surface area contributed by atoms with Gasteiger partial charge in [0.1, 0.15) is 5.75 Å².